The minimum Gasteiger partial charge on any atom is -0.296 e. The van der Waals surface area contributed by atoms with E-state index in [4.69, 9.17) is 0 Å². The zero-order valence-electron chi connectivity index (χ0n) is 6.08. The van der Waals surface area contributed by atoms with E-state index in [0.717, 1.165) is 6.29 Å². The van der Waals surface area contributed by atoms with Gasteiger partial charge in [0.15, 0.2) is 6.29 Å². The van der Waals surface area contributed by atoms with Gasteiger partial charge < -0.3 is 0 Å². The van der Waals surface area contributed by atoms with Gasteiger partial charge in [-0.2, -0.15) is 0 Å². The molecule has 0 aromatic carbocycles. The molecular formula is C8H11NO. The van der Waals surface area contributed by atoms with Crippen LogP contribution in [0.3, 0.4) is 0 Å². The number of carbonyl (C=O) groups excluding carboxylic acids is 1. The second-order valence-electron chi connectivity index (χ2n) is 1.61. The normalized spacial score (nSPS) is 11.9. The Bertz CT molecular complexity index is 168. The summed E-state index contributed by atoms with van der Waals surface area (Å²) in [4.78, 5) is 14.1. The molecule has 0 fully saturated rings. The van der Waals surface area contributed by atoms with E-state index in [0.29, 0.717) is 12.3 Å². The van der Waals surface area contributed by atoms with Gasteiger partial charge in [0.05, 0.1) is 5.71 Å². The highest BCUT2D eigenvalue weighted by Crippen LogP contribution is 1.79. The highest BCUT2D eigenvalue weighted by Gasteiger charge is 1.84. The molecule has 54 valence electrons. The molecule has 0 radical (unpaired) electrons. The SMILES string of the molecule is C=C/C=C\C(C=O)=NCC. The third kappa shape index (κ3) is 3.78. The fraction of sp³-hybridized carbons (Fsp3) is 0.250. The van der Waals surface area contributed by atoms with Gasteiger partial charge in [0.25, 0.3) is 0 Å². The molecule has 0 aliphatic heterocycles. The van der Waals surface area contributed by atoms with Crippen LogP contribution in [0.15, 0.2) is 29.8 Å². The number of aldehydes is 1. The molecule has 0 saturated carbocycles. The molecule has 0 bridgehead atoms. The van der Waals surface area contributed by atoms with Crippen LogP contribution in [0.25, 0.3) is 0 Å². The van der Waals surface area contributed by atoms with Crippen LogP contribution in [-0.2, 0) is 4.79 Å². The van der Waals surface area contributed by atoms with E-state index in [2.05, 4.69) is 11.6 Å². The Kier molecular flexibility index (Phi) is 5.25. The lowest BCUT2D eigenvalue weighted by atomic mass is 10.3. The molecule has 0 aromatic heterocycles. The highest BCUT2D eigenvalue weighted by atomic mass is 16.1. The highest BCUT2D eigenvalue weighted by molar-refractivity contribution is 6.33. The van der Waals surface area contributed by atoms with Crippen molar-refractivity contribution < 1.29 is 4.79 Å². The molecule has 0 aliphatic carbocycles. The number of carbonyl (C=O) groups is 1. The maximum absolute atomic E-state index is 10.2. The summed E-state index contributed by atoms with van der Waals surface area (Å²) in [5, 5.41) is 0. The number of allylic oxidation sites excluding steroid dienone is 3. The molecule has 0 aromatic rings. The molecule has 0 N–H and O–H groups in total. The monoisotopic (exact) mass is 137 g/mol. The number of nitrogens with zero attached hydrogens (tertiary/aromatic N) is 1. The predicted octanol–water partition coefficient (Wildman–Crippen LogP) is 1.39. The maximum Gasteiger partial charge on any atom is 0.167 e. The fourth-order valence-corrected chi connectivity index (χ4v) is 0.478. The van der Waals surface area contributed by atoms with E-state index in [-0.39, 0.29) is 0 Å². The second-order valence-corrected chi connectivity index (χ2v) is 1.61. The van der Waals surface area contributed by atoms with Crippen molar-refractivity contribution in [2.45, 2.75) is 6.92 Å². The topological polar surface area (TPSA) is 29.4 Å². The van der Waals surface area contributed by atoms with Crippen LogP contribution in [0.2, 0.25) is 0 Å². The van der Waals surface area contributed by atoms with Crippen molar-refractivity contribution in [1.82, 2.24) is 0 Å². The summed E-state index contributed by atoms with van der Waals surface area (Å²) in [6, 6.07) is 0. The third-order valence-electron chi connectivity index (χ3n) is 0.865. The summed E-state index contributed by atoms with van der Waals surface area (Å²) in [5.74, 6) is 0. The van der Waals surface area contributed by atoms with Crippen molar-refractivity contribution in [3.8, 4) is 0 Å². The number of hydrogen-bond acceptors (Lipinski definition) is 2. The first kappa shape index (κ1) is 8.82. The number of aliphatic imine (C=N–C) groups is 1. The van der Waals surface area contributed by atoms with Crippen molar-refractivity contribution in [1.29, 1.82) is 0 Å². The summed E-state index contributed by atoms with van der Waals surface area (Å²) in [7, 11) is 0. The van der Waals surface area contributed by atoms with Gasteiger partial charge in [0, 0.05) is 6.54 Å². The molecular weight excluding hydrogens is 126 g/mol. The molecule has 0 atom stereocenters. The van der Waals surface area contributed by atoms with E-state index in [1.807, 2.05) is 6.92 Å². The Balaban J connectivity index is 4.07. The molecule has 0 rings (SSSR count). The van der Waals surface area contributed by atoms with E-state index in [1.165, 1.54) is 0 Å². The summed E-state index contributed by atoms with van der Waals surface area (Å²) in [5.41, 5.74) is 0.461. The van der Waals surface area contributed by atoms with Gasteiger partial charge in [-0.25, -0.2) is 0 Å². The minimum atomic E-state index is 0.461. The summed E-state index contributed by atoms with van der Waals surface area (Å²) in [6.45, 7) is 5.98. The zero-order chi connectivity index (χ0) is 7.82. The van der Waals surface area contributed by atoms with Gasteiger partial charge in [-0.3, -0.25) is 9.79 Å². The lowest BCUT2D eigenvalue weighted by molar-refractivity contribution is -0.102. The van der Waals surface area contributed by atoms with Crippen LogP contribution in [-0.4, -0.2) is 18.5 Å². The molecule has 0 aliphatic rings. The standard InChI is InChI=1S/C8H11NO/c1-3-5-6-8(7-10)9-4-2/h3,5-7H,1,4H2,2H3/b6-5-,9-8?. The number of hydrogen-bond donors (Lipinski definition) is 0. The third-order valence-corrected chi connectivity index (χ3v) is 0.865. The van der Waals surface area contributed by atoms with Crippen molar-refractivity contribution in [2.75, 3.05) is 6.54 Å². The first-order valence-corrected chi connectivity index (χ1v) is 3.13. The van der Waals surface area contributed by atoms with Crippen LogP contribution < -0.4 is 0 Å². The van der Waals surface area contributed by atoms with Gasteiger partial charge in [0.2, 0.25) is 0 Å². The molecule has 2 heteroatoms. The summed E-state index contributed by atoms with van der Waals surface area (Å²) < 4.78 is 0. The average molecular weight is 137 g/mol. The van der Waals surface area contributed by atoms with Crippen molar-refractivity contribution in [2.24, 2.45) is 4.99 Å². The van der Waals surface area contributed by atoms with E-state index in [9.17, 15) is 4.79 Å². The predicted molar refractivity (Wildman–Crippen MR) is 43.4 cm³/mol. The Morgan fingerprint density at radius 3 is 2.80 bits per heavy atom. The van der Waals surface area contributed by atoms with E-state index < -0.39 is 0 Å². The van der Waals surface area contributed by atoms with Crippen LogP contribution in [0.4, 0.5) is 0 Å². The van der Waals surface area contributed by atoms with Crippen LogP contribution in [0, 0.1) is 0 Å². The Hall–Kier alpha value is -1.18. The van der Waals surface area contributed by atoms with Gasteiger partial charge in [-0.1, -0.05) is 18.7 Å². The quantitative estimate of drug-likeness (QED) is 0.327. The Morgan fingerprint density at radius 1 is 1.70 bits per heavy atom. The first-order chi connectivity index (χ1) is 4.85. The lowest BCUT2D eigenvalue weighted by Crippen LogP contribution is -1.94. The summed E-state index contributed by atoms with van der Waals surface area (Å²) in [6.07, 6.45) is 5.64. The first-order valence-electron chi connectivity index (χ1n) is 3.13. The van der Waals surface area contributed by atoms with Crippen LogP contribution in [0.1, 0.15) is 6.92 Å². The van der Waals surface area contributed by atoms with Crippen LogP contribution >= 0.6 is 0 Å². The van der Waals surface area contributed by atoms with E-state index in [1.54, 1.807) is 18.2 Å². The van der Waals surface area contributed by atoms with Gasteiger partial charge in [0.1, 0.15) is 0 Å². The Morgan fingerprint density at radius 2 is 2.40 bits per heavy atom. The average Bonchev–Trinajstić information content (AvgIpc) is 1.98. The van der Waals surface area contributed by atoms with Crippen molar-refractivity contribution in [3.63, 3.8) is 0 Å². The largest absolute Gasteiger partial charge is 0.296 e. The zero-order valence-corrected chi connectivity index (χ0v) is 6.08. The van der Waals surface area contributed by atoms with Gasteiger partial charge >= 0.3 is 0 Å². The Labute approximate surface area is 61.0 Å². The molecule has 0 spiro atoms. The number of rotatable bonds is 4. The van der Waals surface area contributed by atoms with Crippen LogP contribution in [0.5, 0.6) is 0 Å². The smallest absolute Gasteiger partial charge is 0.167 e. The van der Waals surface area contributed by atoms with Gasteiger partial charge in [-0.05, 0) is 13.0 Å². The second kappa shape index (κ2) is 5.95. The summed E-state index contributed by atoms with van der Waals surface area (Å²) >= 11 is 0. The minimum absolute atomic E-state index is 0.461. The molecule has 0 unspecified atom stereocenters. The fourth-order valence-electron chi connectivity index (χ4n) is 0.478. The van der Waals surface area contributed by atoms with Crippen molar-refractivity contribution >= 4 is 12.0 Å². The molecule has 10 heavy (non-hydrogen) atoms. The molecule has 0 saturated heterocycles. The van der Waals surface area contributed by atoms with E-state index >= 15 is 0 Å². The molecule has 0 amide bonds. The van der Waals surface area contributed by atoms with Crippen molar-refractivity contribution in [3.05, 3.63) is 24.8 Å². The molecule has 0 heterocycles. The molecule has 2 nitrogen and oxygen atoms in total. The maximum atomic E-state index is 10.2. The lowest BCUT2D eigenvalue weighted by Gasteiger charge is -1.84. The van der Waals surface area contributed by atoms with Gasteiger partial charge in [-0.15, -0.1) is 0 Å².